The van der Waals surface area contributed by atoms with E-state index in [1.165, 1.54) is 12.1 Å². The highest BCUT2D eigenvalue weighted by atomic mass is 19.1. The van der Waals surface area contributed by atoms with Crippen LogP contribution in [0.15, 0.2) is 42.6 Å². The minimum absolute atomic E-state index is 0.226. The minimum Gasteiger partial charge on any atom is -0.345 e. The van der Waals surface area contributed by atoms with E-state index < -0.39 is 17.9 Å². The Bertz CT molecular complexity index is 584. The van der Waals surface area contributed by atoms with Crippen molar-refractivity contribution < 1.29 is 13.6 Å². The SMILES string of the molecule is CC(NC(=O)c1ccc(F)nc1)c1ccccc1F. The van der Waals surface area contributed by atoms with Crippen molar-refractivity contribution in [3.05, 3.63) is 65.5 Å². The number of carbonyl (C=O) groups excluding carboxylic acids is 1. The third-order valence-electron chi connectivity index (χ3n) is 2.71. The van der Waals surface area contributed by atoms with Crippen molar-refractivity contribution in [2.24, 2.45) is 0 Å². The van der Waals surface area contributed by atoms with Crippen molar-refractivity contribution in [1.82, 2.24) is 10.3 Å². The van der Waals surface area contributed by atoms with Crippen LogP contribution in [0.1, 0.15) is 28.9 Å². The second-order valence-corrected chi connectivity index (χ2v) is 4.09. The van der Waals surface area contributed by atoms with Crippen molar-refractivity contribution in [3.8, 4) is 0 Å². The number of aromatic nitrogens is 1. The summed E-state index contributed by atoms with van der Waals surface area (Å²) in [6, 6.07) is 8.14. The Morgan fingerprint density at radius 2 is 1.95 bits per heavy atom. The Kier molecular flexibility index (Phi) is 3.85. The molecule has 0 bridgehead atoms. The molecule has 98 valence electrons. The molecule has 1 unspecified atom stereocenters. The first-order chi connectivity index (χ1) is 9.08. The molecule has 0 fully saturated rings. The second-order valence-electron chi connectivity index (χ2n) is 4.09. The third kappa shape index (κ3) is 3.13. The first-order valence-corrected chi connectivity index (χ1v) is 5.75. The summed E-state index contributed by atoms with van der Waals surface area (Å²) < 4.78 is 26.2. The number of halogens is 2. The van der Waals surface area contributed by atoms with Crippen LogP contribution in [0.3, 0.4) is 0 Å². The van der Waals surface area contributed by atoms with Gasteiger partial charge in [-0.05, 0) is 25.1 Å². The van der Waals surface area contributed by atoms with Gasteiger partial charge in [-0.1, -0.05) is 18.2 Å². The van der Waals surface area contributed by atoms with Crippen LogP contribution in [-0.2, 0) is 0 Å². The molecule has 0 spiro atoms. The van der Waals surface area contributed by atoms with Gasteiger partial charge in [-0.2, -0.15) is 4.39 Å². The average Bonchev–Trinajstić information content (AvgIpc) is 2.39. The smallest absolute Gasteiger partial charge is 0.253 e. The van der Waals surface area contributed by atoms with E-state index in [4.69, 9.17) is 0 Å². The normalized spacial score (nSPS) is 11.9. The Morgan fingerprint density at radius 3 is 2.58 bits per heavy atom. The molecule has 2 rings (SSSR count). The molecule has 0 saturated heterocycles. The zero-order valence-corrected chi connectivity index (χ0v) is 10.2. The van der Waals surface area contributed by atoms with Crippen LogP contribution in [0.25, 0.3) is 0 Å². The summed E-state index contributed by atoms with van der Waals surface area (Å²) in [5.41, 5.74) is 0.621. The summed E-state index contributed by atoms with van der Waals surface area (Å²) in [5, 5.41) is 2.63. The van der Waals surface area contributed by atoms with Crippen LogP contribution >= 0.6 is 0 Å². The summed E-state index contributed by atoms with van der Waals surface area (Å²) in [4.78, 5) is 15.3. The lowest BCUT2D eigenvalue weighted by molar-refractivity contribution is 0.0939. The topological polar surface area (TPSA) is 42.0 Å². The molecule has 1 amide bonds. The first-order valence-electron chi connectivity index (χ1n) is 5.75. The van der Waals surface area contributed by atoms with Gasteiger partial charge in [0.15, 0.2) is 0 Å². The fourth-order valence-electron chi connectivity index (χ4n) is 1.69. The number of amides is 1. The lowest BCUT2D eigenvalue weighted by Crippen LogP contribution is -2.27. The van der Waals surface area contributed by atoms with Crippen molar-refractivity contribution in [1.29, 1.82) is 0 Å². The summed E-state index contributed by atoms with van der Waals surface area (Å²) in [6.45, 7) is 1.67. The van der Waals surface area contributed by atoms with Crippen LogP contribution in [0.2, 0.25) is 0 Å². The van der Waals surface area contributed by atoms with E-state index in [9.17, 15) is 13.6 Å². The number of hydrogen-bond acceptors (Lipinski definition) is 2. The summed E-state index contributed by atoms with van der Waals surface area (Å²) in [6.07, 6.45) is 1.14. The molecular weight excluding hydrogens is 250 g/mol. The van der Waals surface area contributed by atoms with Crippen molar-refractivity contribution in [2.75, 3.05) is 0 Å². The van der Waals surface area contributed by atoms with Crippen LogP contribution in [-0.4, -0.2) is 10.9 Å². The highest BCUT2D eigenvalue weighted by Gasteiger charge is 2.14. The molecule has 1 aromatic carbocycles. The van der Waals surface area contributed by atoms with Gasteiger partial charge in [-0.15, -0.1) is 0 Å². The lowest BCUT2D eigenvalue weighted by Gasteiger charge is -2.14. The van der Waals surface area contributed by atoms with Crippen LogP contribution in [0.5, 0.6) is 0 Å². The Hall–Kier alpha value is -2.30. The molecule has 0 aliphatic heterocycles. The predicted molar refractivity (Wildman–Crippen MR) is 66.5 cm³/mol. The summed E-state index contributed by atoms with van der Waals surface area (Å²) in [5.74, 6) is -1.46. The molecule has 0 radical (unpaired) electrons. The highest BCUT2D eigenvalue weighted by Crippen LogP contribution is 2.16. The average molecular weight is 262 g/mol. The fraction of sp³-hybridized carbons (Fsp3) is 0.143. The fourth-order valence-corrected chi connectivity index (χ4v) is 1.69. The second kappa shape index (κ2) is 5.56. The number of rotatable bonds is 3. The number of nitrogens with zero attached hydrogens (tertiary/aromatic N) is 1. The molecule has 19 heavy (non-hydrogen) atoms. The van der Waals surface area contributed by atoms with E-state index in [0.717, 1.165) is 12.3 Å². The number of nitrogens with one attached hydrogen (secondary N) is 1. The Morgan fingerprint density at radius 1 is 1.21 bits per heavy atom. The molecule has 1 heterocycles. The van der Waals surface area contributed by atoms with Gasteiger partial charge in [-0.3, -0.25) is 4.79 Å². The number of hydrogen-bond donors (Lipinski definition) is 1. The third-order valence-corrected chi connectivity index (χ3v) is 2.71. The van der Waals surface area contributed by atoms with Crippen molar-refractivity contribution in [2.45, 2.75) is 13.0 Å². The first kappa shape index (κ1) is 13.1. The molecule has 0 saturated carbocycles. The maximum atomic E-state index is 13.5. The van der Waals surface area contributed by atoms with Crippen molar-refractivity contribution >= 4 is 5.91 Å². The Balaban J connectivity index is 2.11. The van der Waals surface area contributed by atoms with Gasteiger partial charge in [0.05, 0.1) is 11.6 Å². The van der Waals surface area contributed by atoms with Gasteiger partial charge in [0.2, 0.25) is 5.95 Å². The van der Waals surface area contributed by atoms with Crippen molar-refractivity contribution in [3.63, 3.8) is 0 Å². The Labute approximate surface area is 109 Å². The zero-order valence-electron chi connectivity index (χ0n) is 10.2. The van der Waals surface area contributed by atoms with Gasteiger partial charge >= 0.3 is 0 Å². The summed E-state index contributed by atoms with van der Waals surface area (Å²) >= 11 is 0. The maximum absolute atomic E-state index is 13.5. The zero-order chi connectivity index (χ0) is 13.8. The quantitative estimate of drug-likeness (QED) is 0.864. The number of pyridine rings is 1. The predicted octanol–water partition coefficient (Wildman–Crippen LogP) is 2.85. The molecular formula is C14H12F2N2O. The number of benzene rings is 1. The lowest BCUT2D eigenvalue weighted by atomic mass is 10.1. The highest BCUT2D eigenvalue weighted by molar-refractivity contribution is 5.94. The molecule has 0 aliphatic carbocycles. The van der Waals surface area contributed by atoms with Crippen LogP contribution in [0.4, 0.5) is 8.78 Å². The monoisotopic (exact) mass is 262 g/mol. The maximum Gasteiger partial charge on any atom is 0.253 e. The van der Waals surface area contributed by atoms with E-state index in [0.29, 0.717) is 5.56 Å². The molecule has 2 aromatic rings. The molecule has 3 nitrogen and oxygen atoms in total. The van der Waals surface area contributed by atoms with Gasteiger partial charge in [0, 0.05) is 11.8 Å². The van der Waals surface area contributed by atoms with E-state index in [2.05, 4.69) is 10.3 Å². The van der Waals surface area contributed by atoms with Gasteiger partial charge < -0.3 is 5.32 Å². The largest absolute Gasteiger partial charge is 0.345 e. The molecule has 0 aliphatic rings. The van der Waals surface area contributed by atoms with Gasteiger partial charge in [-0.25, -0.2) is 9.37 Å². The number of carbonyl (C=O) groups is 1. The molecule has 1 atom stereocenters. The minimum atomic E-state index is -0.654. The van der Waals surface area contributed by atoms with E-state index in [-0.39, 0.29) is 11.4 Å². The standard InChI is InChI=1S/C14H12F2N2O/c1-9(11-4-2-3-5-12(11)15)18-14(19)10-6-7-13(16)17-8-10/h2-9H,1H3,(H,18,19). The van der Waals surface area contributed by atoms with Gasteiger partial charge in [0.25, 0.3) is 5.91 Å². The molecule has 5 heteroatoms. The van der Waals surface area contributed by atoms with Gasteiger partial charge in [0.1, 0.15) is 5.82 Å². The van der Waals surface area contributed by atoms with Crippen LogP contribution in [0, 0.1) is 11.8 Å². The molecule has 1 aromatic heterocycles. The van der Waals surface area contributed by atoms with E-state index >= 15 is 0 Å². The summed E-state index contributed by atoms with van der Waals surface area (Å²) in [7, 11) is 0. The van der Waals surface area contributed by atoms with E-state index in [1.807, 2.05) is 0 Å². The molecule has 1 N–H and O–H groups in total. The van der Waals surface area contributed by atoms with E-state index in [1.54, 1.807) is 25.1 Å². The van der Waals surface area contributed by atoms with Crippen LogP contribution < -0.4 is 5.32 Å².